The molecule has 1 heterocycles. The first kappa shape index (κ1) is 24.3. The van der Waals surface area contributed by atoms with E-state index < -0.39 is 5.97 Å². The van der Waals surface area contributed by atoms with Crippen molar-refractivity contribution in [2.45, 2.75) is 96.8 Å². The van der Waals surface area contributed by atoms with Gasteiger partial charge in [0.25, 0.3) is 0 Å². The fourth-order valence-corrected chi connectivity index (χ4v) is 2.60. The van der Waals surface area contributed by atoms with Crippen LogP contribution in [-0.4, -0.2) is 21.0 Å². The molecule has 4 heteroatoms. The van der Waals surface area contributed by atoms with Crippen LogP contribution in [-0.2, 0) is 4.79 Å². The third kappa shape index (κ3) is 22.3. The van der Waals surface area contributed by atoms with Gasteiger partial charge in [0.15, 0.2) is 0 Å². The minimum absolute atomic E-state index is 0.332. The molecule has 0 saturated heterocycles. The average Bonchev–Trinajstić information content (AvgIpc) is 2.66. The van der Waals surface area contributed by atoms with Crippen LogP contribution >= 0.6 is 0 Å². The minimum Gasteiger partial charge on any atom is -0.481 e. The van der Waals surface area contributed by atoms with Gasteiger partial charge in [-0.1, -0.05) is 70.4 Å². The molecular weight excluding hydrogens is 324 g/mol. The van der Waals surface area contributed by atoms with Gasteiger partial charge in [0.1, 0.15) is 6.33 Å². The van der Waals surface area contributed by atoms with E-state index in [1.165, 1.54) is 77.0 Å². The number of carbonyl (C=O) groups is 1. The molecule has 0 aliphatic rings. The van der Waals surface area contributed by atoms with Crippen LogP contribution in [0, 0.1) is 0 Å². The second-order valence-corrected chi connectivity index (χ2v) is 6.63. The van der Waals surface area contributed by atoms with E-state index in [-0.39, 0.29) is 0 Å². The number of carboxylic acids is 1. The SMILES string of the molecule is CCCCCCCCC=CCCCCCCCC(=O)O.c1cncnc1. The predicted octanol–water partition coefficient (Wildman–Crippen LogP) is 6.59. The van der Waals surface area contributed by atoms with E-state index >= 15 is 0 Å². The molecule has 0 aliphatic carbocycles. The van der Waals surface area contributed by atoms with Crippen LogP contribution in [0.2, 0.25) is 0 Å². The molecule has 0 bridgehead atoms. The molecule has 1 aromatic rings. The molecule has 148 valence electrons. The van der Waals surface area contributed by atoms with E-state index in [2.05, 4.69) is 29.0 Å². The number of hydrogen-bond donors (Lipinski definition) is 1. The van der Waals surface area contributed by atoms with E-state index in [9.17, 15) is 4.79 Å². The molecule has 0 unspecified atom stereocenters. The van der Waals surface area contributed by atoms with Crippen molar-refractivity contribution in [1.29, 1.82) is 0 Å². The van der Waals surface area contributed by atoms with Crippen LogP contribution < -0.4 is 0 Å². The van der Waals surface area contributed by atoms with Crippen molar-refractivity contribution in [3.8, 4) is 0 Å². The molecule has 1 aromatic heterocycles. The molecule has 0 atom stereocenters. The van der Waals surface area contributed by atoms with Crippen LogP contribution in [0.25, 0.3) is 0 Å². The summed E-state index contributed by atoms with van der Waals surface area (Å²) in [5.41, 5.74) is 0. The lowest BCUT2D eigenvalue weighted by Crippen LogP contribution is -1.93. The maximum atomic E-state index is 10.3. The van der Waals surface area contributed by atoms with Gasteiger partial charge in [-0.15, -0.1) is 0 Å². The summed E-state index contributed by atoms with van der Waals surface area (Å²) < 4.78 is 0. The Morgan fingerprint density at radius 2 is 1.31 bits per heavy atom. The topological polar surface area (TPSA) is 63.1 Å². The number of hydrogen-bond acceptors (Lipinski definition) is 3. The third-order valence-corrected chi connectivity index (χ3v) is 4.13. The smallest absolute Gasteiger partial charge is 0.303 e. The second-order valence-electron chi connectivity index (χ2n) is 6.63. The van der Waals surface area contributed by atoms with E-state index in [1.54, 1.807) is 18.5 Å². The standard InChI is InChI=1S/C18H34O2.C4H4N2/c1-2-3-4-5-6-7-8-9-10-11-12-13-14-15-16-17-18(19)20;1-2-5-4-6-3-1/h9-10H,2-8,11-17H2,1H3,(H,19,20);1-4H. The summed E-state index contributed by atoms with van der Waals surface area (Å²) in [6.45, 7) is 2.26. The Kier molecular flexibility index (Phi) is 19.9. The van der Waals surface area contributed by atoms with Gasteiger partial charge in [0.05, 0.1) is 0 Å². The van der Waals surface area contributed by atoms with Gasteiger partial charge in [0.2, 0.25) is 0 Å². The van der Waals surface area contributed by atoms with Gasteiger partial charge in [-0.2, -0.15) is 0 Å². The van der Waals surface area contributed by atoms with Crippen LogP contribution in [0.15, 0.2) is 36.9 Å². The molecule has 26 heavy (non-hydrogen) atoms. The number of rotatable bonds is 15. The van der Waals surface area contributed by atoms with Crippen LogP contribution in [0.4, 0.5) is 0 Å². The molecule has 1 N–H and O–H groups in total. The molecule has 0 aliphatic heterocycles. The third-order valence-electron chi connectivity index (χ3n) is 4.13. The van der Waals surface area contributed by atoms with Crippen molar-refractivity contribution >= 4 is 5.97 Å². The fourth-order valence-electron chi connectivity index (χ4n) is 2.60. The molecule has 1 rings (SSSR count). The first-order valence-corrected chi connectivity index (χ1v) is 10.3. The Balaban J connectivity index is 0.000000867. The lowest BCUT2D eigenvalue weighted by Gasteiger charge is -1.99. The van der Waals surface area contributed by atoms with E-state index in [4.69, 9.17) is 5.11 Å². The number of allylic oxidation sites excluding steroid dienone is 2. The quantitative estimate of drug-likeness (QED) is 0.282. The Hall–Kier alpha value is -1.71. The first-order chi connectivity index (χ1) is 12.8. The number of nitrogens with zero attached hydrogens (tertiary/aromatic N) is 2. The first-order valence-electron chi connectivity index (χ1n) is 10.3. The molecule has 4 nitrogen and oxygen atoms in total. The Morgan fingerprint density at radius 1 is 0.808 bits per heavy atom. The summed E-state index contributed by atoms with van der Waals surface area (Å²) in [5, 5.41) is 8.51. The summed E-state index contributed by atoms with van der Waals surface area (Å²) in [7, 11) is 0. The molecular formula is C22H38N2O2. The van der Waals surface area contributed by atoms with E-state index in [0.717, 1.165) is 12.8 Å². The summed E-state index contributed by atoms with van der Waals surface area (Å²) in [6.07, 6.45) is 26.1. The largest absolute Gasteiger partial charge is 0.481 e. The van der Waals surface area contributed by atoms with Gasteiger partial charge >= 0.3 is 5.97 Å². The van der Waals surface area contributed by atoms with Gasteiger partial charge in [-0.25, -0.2) is 9.97 Å². The zero-order valence-electron chi connectivity index (χ0n) is 16.6. The number of aromatic nitrogens is 2. The fraction of sp³-hybridized carbons (Fsp3) is 0.682. The van der Waals surface area contributed by atoms with Gasteiger partial charge < -0.3 is 5.11 Å². The average molecular weight is 363 g/mol. The molecule has 0 fully saturated rings. The highest BCUT2D eigenvalue weighted by atomic mass is 16.4. The Morgan fingerprint density at radius 3 is 1.73 bits per heavy atom. The van der Waals surface area contributed by atoms with E-state index in [0.29, 0.717) is 6.42 Å². The lowest BCUT2D eigenvalue weighted by molar-refractivity contribution is -0.137. The van der Waals surface area contributed by atoms with Gasteiger partial charge in [0, 0.05) is 18.8 Å². The molecule has 0 amide bonds. The van der Waals surface area contributed by atoms with Gasteiger partial charge in [-0.05, 0) is 38.2 Å². The van der Waals surface area contributed by atoms with Crippen molar-refractivity contribution in [3.63, 3.8) is 0 Å². The zero-order valence-corrected chi connectivity index (χ0v) is 16.6. The predicted molar refractivity (Wildman–Crippen MR) is 109 cm³/mol. The van der Waals surface area contributed by atoms with Crippen LogP contribution in [0.1, 0.15) is 96.8 Å². The second kappa shape index (κ2) is 21.3. The Labute approximate surface area is 160 Å². The van der Waals surface area contributed by atoms with Crippen molar-refractivity contribution in [2.24, 2.45) is 0 Å². The molecule has 0 spiro atoms. The highest BCUT2D eigenvalue weighted by molar-refractivity contribution is 5.66. The molecule has 0 aromatic carbocycles. The number of unbranched alkanes of at least 4 members (excludes halogenated alkanes) is 11. The lowest BCUT2D eigenvalue weighted by atomic mass is 10.1. The maximum Gasteiger partial charge on any atom is 0.303 e. The zero-order chi connectivity index (χ0) is 19.1. The van der Waals surface area contributed by atoms with Crippen molar-refractivity contribution in [2.75, 3.05) is 0 Å². The molecule has 0 saturated carbocycles. The van der Waals surface area contributed by atoms with Crippen molar-refractivity contribution in [1.82, 2.24) is 9.97 Å². The number of aliphatic carboxylic acids is 1. The minimum atomic E-state index is -0.664. The van der Waals surface area contributed by atoms with Crippen molar-refractivity contribution < 1.29 is 9.90 Å². The number of carboxylic acid groups (broad SMARTS) is 1. The summed E-state index contributed by atoms with van der Waals surface area (Å²) in [4.78, 5) is 17.7. The maximum absolute atomic E-state index is 10.3. The monoisotopic (exact) mass is 362 g/mol. The molecule has 0 radical (unpaired) electrons. The van der Waals surface area contributed by atoms with E-state index in [1.807, 2.05) is 0 Å². The summed E-state index contributed by atoms with van der Waals surface area (Å²) in [6, 6.07) is 1.78. The normalized spacial score (nSPS) is 10.5. The summed E-state index contributed by atoms with van der Waals surface area (Å²) >= 11 is 0. The van der Waals surface area contributed by atoms with Crippen LogP contribution in [0.5, 0.6) is 0 Å². The highest BCUT2D eigenvalue weighted by Crippen LogP contribution is 2.09. The van der Waals surface area contributed by atoms with Crippen LogP contribution in [0.3, 0.4) is 0 Å². The highest BCUT2D eigenvalue weighted by Gasteiger charge is 1.95. The van der Waals surface area contributed by atoms with Gasteiger partial charge in [-0.3, -0.25) is 4.79 Å². The van der Waals surface area contributed by atoms with Crippen molar-refractivity contribution in [3.05, 3.63) is 36.9 Å². The Bertz CT molecular complexity index is 395. The summed E-state index contributed by atoms with van der Waals surface area (Å²) in [5.74, 6) is -0.664.